The van der Waals surface area contributed by atoms with E-state index in [1.165, 1.54) is 0 Å². The van der Waals surface area contributed by atoms with Crippen molar-refractivity contribution in [1.82, 2.24) is 5.32 Å². The molecule has 1 aromatic carbocycles. The van der Waals surface area contributed by atoms with Crippen LogP contribution in [0.3, 0.4) is 0 Å². The van der Waals surface area contributed by atoms with Gasteiger partial charge in [0, 0.05) is 35.2 Å². The van der Waals surface area contributed by atoms with E-state index < -0.39 is 0 Å². The van der Waals surface area contributed by atoms with Crippen molar-refractivity contribution in [2.45, 2.75) is 39.8 Å². The zero-order valence-electron chi connectivity index (χ0n) is 12.2. The van der Waals surface area contributed by atoms with E-state index >= 15 is 0 Å². The molecule has 1 rings (SSSR count). The summed E-state index contributed by atoms with van der Waals surface area (Å²) in [5.41, 5.74) is 0.985. The third-order valence-corrected chi connectivity index (χ3v) is 3.06. The molecule has 4 heteroatoms. The lowest BCUT2D eigenvalue weighted by Gasteiger charge is -2.22. The largest absolute Gasteiger partial charge is 0.493 e. The van der Waals surface area contributed by atoms with Crippen LogP contribution in [0.15, 0.2) is 18.2 Å². The minimum absolute atomic E-state index is 0.0226. The molecule has 0 spiro atoms. The van der Waals surface area contributed by atoms with E-state index in [4.69, 9.17) is 21.4 Å². The van der Waals surface area contributed by atoms with Crippen LogP contribution in [0.4, 0.5) is 0 Å². The van der Waals surface area contributed by atoms with Crippen LogP contribution in [0.1, 0.15) is 33.3 Å². The van der Waals surface area contributed by atoms with Crippen LogP contribution in [0, 0.1) is 5.92 Å². The fourth-order valence-electron chi connectivity index (χ4n) is 1.48. The molecule has 0 radical (unpaired) electrons. The highest BCUT2D eigenvalue weighted by Gasteiger charge is 2.14. The summed E-state index contributed by atoms with van der Waals surface area (Å²) in [4.78, 5) is 0. The summed E-state index contributed by atoms with van der Waals surface area (Å²) in [6.45, 7) is 9.54. The Morgan fingerprint density at radius 1 is 1.37 bits per heavy atom. The summed E-state index contributed by atoms with van der Waals surface area (Å²) in [6.07, 6.45) is 0. The number of benzene rings is 1. The highest BCUT2D eigenvalue weighted by Crippen LogP contribution is 2.27. The molecule has 0 saturated heterocycles. The summed E-state index contributed by atoms with van der Waals surface area (Å²) in [5.74, 6) is 0.895. The second-order valence-electron chi connectivity index (χ2n) is 5.92. The van der Waals surface area contributed by atoms with Crippen molar-refractivity contribution in [1.29, 1.82) is 0 Å². The lowest BCUT2D eigenvalue weighted by Crippen LogP contribution is -2.35. The first kappa shape index (κ1) is 16.3. The normalized spacial score (nSPS) is 13.4. The van der Waals surface area contributed by atoms with Gasteiger partial charge in [-0.05, 0) is 32.9 Å². The average molecular weight is 286 g/mol. The fraction of sp³-hybridized carbons (Fsp3) is 0.600. The van der Waals surface area contributed by atoms with Crippen molar-refractivity contribution in [3.8, 4) is 5.75 Å². The molecule has 0 aliphatic rings. The van der Waals surface area contributed by atoms with Crippen LogP contribution in [-0.4, -0.2) is 23.9 Å². The van der Waals surface area contributed by atoms with Crippen LogP contribution >= 0.6 is 11.6 Å². The SMILES string of the molecule is CC(CO)COc1cccc(Cl)c1CNC(C)(C)C. The molecule has 19 heavy (non-hydrogen) atoms. The molecule has 0 aromatic heterocycles. The second kappa shape index (κ2) is 7.13. The summed E-state index contributed by atoms with van der Waals surface area (Å²) in [7, 11) is 0. The highest BCUT2D eigenvalue weighted by atomic mass is 35.5. The van der Waals surface area contributed by atoms with Crippen LogP contribution in [0.5, 0.6) is 5.75 Å². The molecule has 0 aliphatic heterocycles. The summed E-state index contributed by atoms with van der Waals surface area (Å²) >= 11 is 6.24. The number of halogens is 1. The van der Waals surface area contributed by atoms with E-state index in [-0.39, 0.29) is 18.1 Å². The lowest BCUT2D eigenvalue weighted by molar-refractivity contribution is 0.173. The molecule has 0 amide bonds. The van der Waals surface area contributed by atoms with Crippen LogP contribution in [0.2, 0.25) is 5.02 Å². The third kappa shape index (κ3) is 5.81. The molecule has 108 valence electrons. The van der Waals surface area contributed by atoms with E-state index in [2.05, 4.69) is 26.1 Å². The third-order valence-electron chi connectivity index (χ3n) is 2.71. The van der Waals surface area contributed by atoms with E-state index in [9.17, 15) is 0 Å². The van der Waals surface area contributed by atoms with Crippen molar-refractivity contribution in [2.24, 2.45) is 5.92 Å². The molecule has 1 aromatic rings. The zero-order chi connectivity index (χ0) is 14.5. The molecular formula is C15H24ClNO2. The fourth-order valence-corrected chi connectivity index (χ4v) is 1.72. The van der Waals surface area contributed by atoms with Gasteiger partial charge in [-0.15, -0.1) is 0 Å². The van der Waals surface area contributed by atoms with Crippen molar-refractivity contribution >= 4 is 11.6 Å². The zero-order valence-corrected chi connectivity index (χ0v) is 12.9. The molecule has 0 fully saturated rings. The number of aliphatic hydroxyl groups excluding tert-OH is 1. The Balaban J connectivity index is 2.77. The Morgan fingerprint density at radius 2 is 2.05 bits per heavy atom. The van der Waals surface area contributed by atoms with E-state index in [0.717, 1.165) is 11.3 Å². The number of hydrogen-bond donors (Lipinski definition) is 2. The summed E-state index contributed by atoms with van der Waals surface area (Å²) in [6, 6.07) is 5.65. The Morgan fingerprint density at radius 3 is 2.63 bits per heavy atom. The lowest BCUT2D eigenvalue weighted by atomic mass is 10.1. The van der Waals surface area contributed by atoms with Gasteiger partial charge < -0.3 is 15.2 Å². The van der Waals surface area contributed by atoms with E-state index in [1.54, 1.807) is 0 Å². The second-order valence-corrected chi connectivity index (χ2v) is 6.33. The van der Waals surface area contributed by atoms with Gasteiger partial charge in [0.15, 0.2) is 0 Å². The van der Waals surface area contributed by atoms with Gasteiger partial charge in [0.25, 0.3) is 0 Å². The maximum atomic E-state index is 9.03. The van der Waals surface area contributed by atoms with Crippen molar-refractivity contribution in [2.75, 3.05) is 13.2 Å². The Bertz CT molecular complexity index is 402. The summed E-state index contributed by atoms with van der Waals surface area (Å²) in [5, 5.41) is 13.1. The Hall–Kier alpha value is -0.770. The van der Waals surface area contributed by atoms with Gasteiger partial charge in [-0.2, -0.15) is 0 Å². The molecule has 1 atom stereocenters. The van der Waals surface area contributed by atoms with Gasteiger partial charge in [0.05, 0.1) is 6.61 Å². The van der Waals surface area contributed by atoms with Gasteiger partial charge in [-0.25, -0.2) is 0 Å². The molecular weight excluding hydrogens is 262 g/mol. The first-order chi connectivity index (χ1) is 8.83. The first-order valence-electron chi connectivity index (χ1n) is 6.59. The number of rotatable bonds is 6. The van der Waals surface area contributed by atoms with Gasteiger partial charge in [-0.3, -0.25) is 0 Å². The quantitative estimate of drug-likeness (QED) is 0.843. The predicted octanol–water partition coefficient (Wildman–Crippen LogP) is 3.24. The Kier molecular flexibility index (Phi) is 6.11. The van der Waals surface area contributed by atoms with Gasteiger partial charge in [0.1, 0.15) is 5.75 Å². The molecule has 0 aliphatic carbocycles. The van der Waals surface area contributed by atoms with Crippen molar-refractivity contribution in [3.05, 3.63) is 28.8 Å². The van der Waals surface area contributed by atoms with E-state index in [0.29, 0.717) is 18.2 Å². The molecule has 1 unspecified atom stereocenters. The topological polar surface area (TPSA) is 41.5 Å². The molecule has 2 N–H and O–H groups in total. The molecule has 0 heterocycles. The maximum Gasteiger partial charge on any atom is 0.125 e. The van der Waals surface area contributed by atoms with Crippen LogP contribution < -0.4 is 10.1 Å². The minimum Gasteiger partial charge on any atom is -0.493 e. The van der Waals surface area contributed by atoms with Gasteiger partial charge in [0.2, 0.25) is 0 Å². The minimum atomic E-state index is 0.0226. The molecule has 0 saturated carbocycles. The highest BCUT2D eigenvalue weighted by molar-refractivity contribution is 6.31. The van der Waals surface area contributed by atoms with E-state index in [1.807, 2.05) is 25.1 Å². The smallest absolute Gasteiger partial charge is 0.125 e. The van der Waals surface area contributed by atoms with Crippen LogP contribution in [-0.2, 0) is 6.54 Å². The molecule has 0 bridgehead atoms. The van der Waals surface area contributed by atoms with Crippen LogP contribution in [0.25, 0.3) is 0 Å². The first-order valence-corrected chi connectivity index (χ1v) is 6.97. The van der Waals surface area contributed by atoms with Crippen molar-refractivity contribution < 1.29 is 9.84 Å². The Labute approximate surface area is 120 Å². The standard InChI is InChI=1S/C15H24ClNO2/c1-11(9-18)10-19-14-7-5-6-13(16)12(14)8-17-15(2,3)4/h5-7,11,17-18H,8-10H2,1-4H3. The predicted molar refractivity (Wildman–Crippen MR) is 79.8 cm³/mol. The number of ether oxygens (including phenoxy) is 1. The number of aliphatic hydroxyl groups is 1. The summed E-state index contributed by atoms with van der Waals surface area (Å²) < 4.78 is 5.75. The van der Waals surface area contributed by atoms with Crippen molar-refractivity contribution in [3.63, 3.8) is 0 Å². The van der Waals surface area contributed by atoms with Gasteiger partial charge in [-0.1, -0.05) is 24.6 Å². The average Bonchev–Trinajstić information content (AvgIpc) is 2.33. The molecule has 3 nitrogen and oxygen atoms in total. The monoisotopic (exact) mass is 285 g/mol. The number of nitrogens with one attached hydrogen (secondary N) is 1. The maximum absolute atomic E-state index is 9.03. The number of hydrogen-bond acceptors (Lipinski definition) is 3. The van der Waals surface area contributed by atoms with Gasteiger partial charge >= 0.3 is 0 Å².